The van der Waals surface area contributed by atoms with E-state index in [2.05, 4.69) is 15.3 Å². The molecule has 0 aliphatic carbocycles. The molecule has 168 valence electrons. The van der Waals surface area contributed by atoms with Crippen molar-refractivity contribution < 1.29 is 27.8 Å². The minimum absolute atomic E-state index is 0.00786. The molecule has 2 saturated heterocycles. The number of alkyl halides is 2. The van der Waals surface area contributed by atoms with Gasteiger partial charge in [0, 0.05) is 23.1 Å². The number of aromatic nitrogens is 2. The predicted octanol–water partition coefficient (Wildman–Crippen LogP) is 3.43. The fraction of sp³-hybridized carbons (Fsp3) is 0.550. The quantitative estimate of drug-likeness (QED) is 0.686. The minimum Gasteiger partial charge on any atom is -0.475 e. The number of nitrogens with one attached hydrogen (secondary N) is 1. The summed E-state index contributed by atoms with van der Waals surface area (Å²) < 4.78 is 43.1. The van der Waals surface area contributed by atoms with Crippen LogP contribution in [0.15, 0.2) is 23.7 Å². The number of anilines is 1. The van der Waals surface area contributed by atoms with Gasteiger partial charge < -0.3 is 24.4 Å². The van der Waals surface area contributed by atoms with Gasteiger partial charge in [-0.2, -0.15) is 4.98 Å². The zero-order valence-electron chi connectivity index (χ0n) is 17.5. The van der Waals surface area contributed by atoms with Gasteiger partial charge in [-0.05, 0) is 19.9 Å². The van der Waals surface area contributed by atoms with E-state index >= 15 is 0 Å². The van der Waals surface area contributed by atoms with E-state index in [1.165, 1.54) is 22.3 Å². The van der Waals surface area contributed by atoms with Crippen LogP contribution in [0, 0.1) is 5.41 Å². The highest BCUT2D eigenvalue weighted by Crippen LogP contribution is 2.38. The molecule has 2 aliphatic heterocycles. The highest BCUT2D eigenvalue weighted by molar-refractivity contribution is 7.09. The van der Waals surface area contributed by atoms with Crippen molar-refractivity contribution in [3.05, 3.63) is 28.7 Å². The Balaban J connectivity index is 1.47. The van der Waals surface area contributed by atoms with Crippen LogP contribution >= 0.6 is 11.3 Å². The van der Waals surface area contributed by atoms with E-state index in [9.17, 15) is 13.6 Å². The average Bonchev–Trinajstić information content (AvgIpc) is 3.18. The number of ether oxygens (including phenoxy) is 3. The molecule has 1 amide bonds. The zero-order chi connectivity index (χ0) is 22.3. The van der Waals surface area contributed by atoms with Crippen LogP contribution in [-0.2, 0) is 10.3 Å². The maximum absolute atomic E-state index is 13.4. The van der Waals surface area contributed by atoms with Crippen LogP contribution in [0.25, 0.3) is 0 Å². The largest absolute Gasteiger partial charge is 0.475 e. The van der Waals surface area contributed by atoms with Crippen molar-refractivity contribution in [1.82, 2.24) is 15.3 Å². The van der Waals surface area contributed by atoms with Gasteiger partial charge in [0.25, 0.3) is 5.92 Å². The summed E-state index contributed by atoms with van der Waals surface area (Å²) in [6, 6.07) is 3.04. The Bertz CT molecular complexity index is 943. The van der Waals surface area contributed by atoms with Gasteiger partial charge in [0.2, 0.25) is 11.8 Å². The molecule has 4 rings (SSSR count). The van der Waals surface area contributed by atoms with E-state index in [1.54, 1.807) is 12.3 Å². The van der Waals surface area contributed by atoms with Gasteiger partial charge in [-0.25, -0.2) is 18.6 Å². The smallest absolute Gasteiger partial charge is 0.414 e. The lowest BCUT2D eigenvalue weighted by Gasteiger charge is -2.41. The zero-order valence-corrected chi connectivity index (χ0v) is 18.3. The second kappa shape index (κ2) is 7.86. The van der Waals surface area contributed by atoms with E-state index in [1.807, 2.05) is 26.2 Å². The molecule has 1 N–H and O–H groups in total. The van der Waals surface area contributed by atoms with E-state index in [-0.39, 0.29) is 17.2 Å². The first-order chi connectivity index (χ1) is 14.6. The van der Waals surface area contributed by atoms with E-state index in [4.69, 9.17) is 14.2 Å². The molecular formula is C20H24F2N4O4S. The average molecular weight is 454 g/mol. The summed E-state index contributed by atoms with van der Waals surface area (Å²) in [6.07, 6.45) is 0.951. The van der Waals surface area contributed by atoms with Crippen LogP contribution < -0.4 is 19.7 Å². The predicted molar refractivity (Wildman–Crippen MR) is 110 cm³/mol. The topological polar surface area (TPSA) is 85.8 Å². The molecule has 8 nitrogen and oxygen atoms in total. The Hall–Kier alpha value is -2.53. The molecule has 2 aromatic rings. The van der Waals surface area contributed by atoms with Gasteiger partial charge >= 0.3 is 6.09 Å². The molecule has 0 spiro atoms. The summed E-state index contributed by atoms with van der Waals surface area (Å²) in [5.41, 5.74) is -0.457. The summed E-state index contributed by atoms with van der Waals surface area (Å²) in [5, 5.41) is 5.30. The number of nitrogens with zero attached hydrogens (tertiary/aromatic N) is 3. The second-order valence-corrected chi connectivity index (χ2v) is 9.65. The SMILES string of the molecule is CC1(COc2nc(OC(=O)NC(C)(C)c3nccs3)ccc2N2CC(F)(F)C2)COC1. The summed E-state index contributed by atoms with van der Waals surface area (Å²) in [7, 11) is 0. The molecule has 4 heterocycles. The van der Waals surface area contributed by atoms with Crippen molar-refractivity contribution in [3.8, 4) is 11.8 Å². The number of amides is 1. The number of carbonyl (C=O) groups excluding carboxylic acids is 1. The Morgan fingerprint density at radius 1 is 1.35 bits per heavy atom. The van der Waals surface area contributed by atoms with Crippen molar-refractivity contribution >= 4 is 23.1 Å². The lowest BCUT2D eigenvalue weighted by molar-refractivity contribution is -0.120. The Kier molecular flexibility index (Phi) is 5.50. The maximum atomic E-state index is 13.4. The van der Waals surface area contributed by atoms with Crippen LogP contribution in [-0.4, -0.2) is 54.9 Å². The second-order valence-electron chi connectivity index (χ2n) is 8.75. The summed E-state index contributed by atoms with van der Waals surface area (Å²) in [4.78, 5) is 22.4. The number of hydrogen-bond donors (Lipinski definition) is 1. The third kappa shape index (κ3) is 4.87. The van der Waals surface area contributed by atoms with Crippen LogP contribution in [0.4, 0.5) is 19.3 Å². The number of thiazole rings is 1. The van der Waals surface area contributed by atoms with Crippen molar-refractivity contribution in [3.63, 3.8) is 0 Å². The van der Waals surface area contributed by atoms with Crippen molar-refractivity contribution in [2.45, 2.75) is 32.2 Å². The van der Waals surface area contributed by atoms with E-state index in [0.717, 1.165) is 5.01 Å². The lowest BCUT2D eigenvalue weighted by Crippen LogP contribution is -2.56. The highest BCUT2D eigenvalue weighted by Gasteiger charge is 2.45. The van der Waals surface area contributed by atoms with Gasteiger partial charge in [-0.1, -0.05) is 6.92 Å². The van der Waals surface area contributed by atoms with Crippen molar-refractivity contribution in [2.75, 3.05) is 37.8 Å². The fourth-order valence-corrected chi connectivity index (χ4v) is 3.96. The molecule has 11 heteroatoms. The Labute approximate surface area is 182 Å². The van der Waals surface area contributed by atoms with E-state index < -0.39 is 30.6 Å². The summed E-state index contributed by atoms with van der Waals surface area (Å²) in [5.74, 6) is -2.58. The fourth-order valence-electron chi connectivity index (χ4n) is 3.24. The van der Waals surface area contributed by atoms with Crippen molar-refractivity contribution in [2.24, 2.45) is 5.41 Å². The molecular weight excluding hydrogens is 430 g/mol. The molecule has 31 heavy (non-hydrogen) atoms. The molecule has 2 aliphatic rings. The van der Waals surface area contributed by atoms with Gasteiger partial charge in [0.1, 0.15) is 10.7 Å². The molecule has 2 fully saturated rings. The number of carbonyl (C=O) groups is 1. The number of pyridine rings is 1. The molecule has 0 saturated carbocycles. The number of hydrogen-bond acceptors (Lipinski definition) is 8. The molecule has 0 bridgehead atoms. The van der Waals surface area contributed by atoms with Crippen LogP contribution in [0.3, 0.4) is 0 Å². The van der Waals surface area contributed by atoms with Crippen LogP contribution in [0.2, 0.25) is 0 Å². The molecule has 0 atom stereocenters. The summed E-state index contributed by atoms with van der Waals surface area (Å²) in [6.45, 7) is 6.21. The summed E-state index contributed by atoms with van der Waals surface area (Å²) >= 11 is 1.42. The first-order valence-electron chi connectivity index (χ1n) is 9.80. The van der Waals surface area contributed by atoms with E-state index in [0.29, 0.717) is 25.5 Å². The minimum atomic E-state index is -2.73. The Morgan fingerprint density at radius 2 is 2.10 bits per heavy atom. The lowest BCUT2D eigenvalue weighted by atomic mass is 9.90. The maximum Gasteiger partial charge on any atom is 0.414 e. The van der Waals surface area contributed by atoms with Crippen molar-refractivity contribution in [1.29, 1.82) is 0 Å². The van der Waals surface area contributed by atoms with Gasteiger partial charge in [-0.15, -0.1) is 11.3 Å². The Morgan fingerprint density at radius 3 is 2.68 bits per heavy atom. The highest BCUT2D eigenvalue weighted by atomic mass is 32.1. The molecule has 0 unspecified atom stereocenters. The third-order valence-electron chi connectivity index (χ3n) is 5.04. The van der Waals surface area contributed by atoms with Gasteiger partial charge in [0.05, 0.1) is 38.4 Å². The first-order valence-corrected chi connectivity index (χ1v) is 10.7. The number of rotatable bonds is 7. The number of halogens is 2. The first kappa shape index (κ1) is 21.7. The van der Waals surface area contributed by atoms with Gasteiger partial charge in [-0.3, -0.25) is 0 Å². The van der Waals surface area contributed by atoms with Crippen LogP contribution in [0.1, 0.15) is 25.8 Å². The third-order valence-corrected chi connectivity index (χ3v) is 6.13. The normalized spacial score (nSPS) is 19.2. The van der Waals surface area contributed by atoms with Gasteiger partial charge in [0.15, 0.2) is 0 Å². The van der Waals surface area contributed by atoms with Crippen LogP contribution in [0.5, 0.6) is 11.8 Å². The molecule has 2 aromatic heterocycles. The molecule has 0 radical (unpaired) electrons. The molecule has 0 aromatic carbocycles. The standard InChI is InChI=1S/C20H24F2N4O4S/c1-18(2,16-23-6-7-31-16)25-17(27)30-14-5-4-13(26-8-20(21,22)9-26)15(24-14)29-12-19(3)10-28-11-19/h4-7H,8-12H2,1-3H3,(H,25,27). The monoisotopic (exact) mass is 454 g/mol.